The van der Waals surface area contributed by atoms with Crippen LogP contribution >= 0.6 is 11.6 Å². The molecule has 0 radical (unpaired) electrons. The maximum absolute atomic E-state index is 6.19. The van der Waals surface area contributed by atoms with Gasteiger partial charge in [-0.1, -0.05) is 42.8 Å². The van der Waals surface area contributed by atoms with E-state index in [1.54, 1.807) is 0 Å². The second kappa shape index (κ2) is 7.95. The fraction of sp³-hybridized carbons (Fsp3) is 0.261. The van der Waals surface area contributed by atoms with Gasteiger partial charge < -0.3 is 10.2 Å². The molecular weight excluding hydrogens is 396 g/mol. The van der Waals surface area contributed by atoms with Crippen molar-refractivity contribution in [1.82, 2.24) is 19.7 Å². The lowest BCUT2D eigenvalue weighted by molar-refractivity contribution is 0.442. The molecule has 0 saturated carbocycles. The van der Waals surface area contributed by atoms with Crippen LogP contribution in [0.1, 0.15) is 19.8 Å². The Morgan fingerprint density at radius 2 is 1.93 bits per heavy atom. The fourth-order valence-electron chi connectivity index (χ4n) is 3.97. The maximum atomic E-state index is 6.19. The first-order valence-electron chi connectivity index (χ1n) is 10.3. The first-order valence-corrected chi connectivity index (χ1v) is 10.6. The van der Waals surface area contributed by atoms with E-state index in [0.29, 0.717) is 10.9 Å². The smallest absolute Gasteiger partial charge is 0.229 e. The van der Waals surface area contributed by atoms with Gasteiger partial charge in [0.1, 0.15) is 5.82 Å². The topological polar surface area (TPSA) is 58.9 Å². The van der Waals surface area contributed by atoms with Crippen molar-refractivity contribution in [3.8, 4) is 5.69 Å². The van der Waals surface area contributed by atoms with E-state index >= 15 is 0 Å². The Hall–Kier alpha value is -3.12. The molecule has 3 heterocycles. The average Bonchev–Trinajstić information content (AvgIpc) is 3.19. The molecule has 2 aromatic heterocycles. The van der Waals surface area contributed by atoms with Crippen molar-refractivity contribution >= 4 is 40.1 Å². The SMILES string of the molecule is C[C@@H]1CCCN(c2nc(Nc3cccc(Cl)c3)c3cnn(-c4ccccc4)c3n2)C1. The molecule has 1 atom stereocenters. The molecule has 30 heavy (non-hydrogen) atoms. The summed E-state index contributed by atoms with van der Waals surface area (Å²) in [5, 5.41) is 9.59. The highest BCUT2D eigenvalue weighted by molar-refractivity contribution is 6.30. The maximum Gasteiger partial charge on any atom is 0.229 e. The van der Waals surface area contributed by atoms with Gasteiger partial charge in [0.15, 0.2) is 5.65 Å². The van der Waals surface area contributed by atoms with E-state index in [2.05, 4.69) is 22.2 Å². The second-order valence-electron chi connectivity index (χ2n) is 7.83. The van der Waals surface area contributed by atoms with Crippen LogP contribution in [-0.4, -0.2) is 32.8 Å². The second-order valence-corrected chi connectivity index (χ2v) is 8.27. The van der Waals surface area contributed by atoms with Crippen molar-refractivity contribution in [2.24, 2.45) is 5.92 Å². The van der Waals surface area contributed by atoms with E-state index in [0.717, 1.165) is 53.7 Å². The van der Waals surface area contributed by atoms with Crippen LogP contribution in [0.25, 0.3) is 16.7 Å². The van der Waals surface area contributed by atoms with E-state index < -0.39 is 0 Å². The summed E-state index contributed by atoms with van der Waals surface area (Å²) in [5.41, 5.74) is 2.64. The van der Waals surface area contributed by atoms with Gasteiger partial charge in [0, 0.05) is 23.8 Å². The minimum absolute atomic E-state index is 0.626. The Balaban J connectivity index is 1.64. The Morgan fingerprint density at radius 3 is 2.73 bits per heavy atom. The van der Waals surface area contributed by atoms with Gasteiger partial charge in [-0.2, -0.15) is 15.1 Å². The molecule has 0 aliphatic carbocycles. The lowest BCUT2D eigenvalue weighted by Gasteiger charge is -2.31. The number of rotatable bonds is 4. The molecule has 0 unspecified atom stereocenters. The molecule has 7 heteroatoms. The number of halogens is 1. The molecule has 1 saturated heterocycles. The molecule has 1 fully saturated rings. The van der Waals surface area contributed by atoms with Crippen molar-refractivity contribution in [3.63, 3.8) is 0 Å². The van der Waals surface area contributed by atoms with Crippen molar-refractivity contribution in [1.29, 1.82) is 0 Å². The summed E-state index contributed by atoms with van der Waals surface area (Å²) in [7, 11) is 0. The lowest BCUT2D eigenvalue weighted by Crippen LogP contribution is -2.35. The molecule has 0 bridgehead atoms. The van der Waals surface area contributed by atoms with Gasteiger partial charge in [-0.3, -0.25) is 0 Å². The Labute approximate surface area is 180 Å². The van der Waals surface area contributed by atoms with Crippen LogP contribution in [0.3, 0.4) is 0 Å². The van der Waals surface area contributed by atoms with E-state index in [-0.39, 0.29) is 0 Å². The van der Waals surface area contributed by atoms with Crippen LogP contribution in [0, 0.1) is 5.92 Å². The number of nitrogens with zero attached hydrogens (tertiary/aromatic N) is 5. The van der Waals surface area contributed by atoms with Gasteiger partial charge in [-0.05, 0) is 49.1 Å². The first-order chi connectivity index (χ1) is 14.7. The Bertz CT molecular complexity index is 1170. The highest BCUT2D eigenvalue weighted by atomic mass is 35.5. The molecule has 4 aromatic rings. The summed E-state index contributed by atoms with van der Waals surface area (Å²) >= 11 is 6.19. The third kappa shape index (κ3) is 3.71. The number of hydrogen-bond acceptors (Lipinski definition) is 5. The largest absolute Gasteiger partial charge is 0.340 e. The standard InChI is InChI=1S/C23H23ClN6/c1-16-7-6-12-29(15-16)23-27-21(26-18-9-5-8-17(24)13-18)20-14-25-30(22(20)28-23)19-10-3-2-4-11-19/h2-5,8-11,13-14,16H,6-7,12,15H2,1H3,(H,26,27,28)/t16-/m1/s1. The normalized spacial score (nSPS) is 16.7. The summed E-state index contributed by atoms with van der Waals surface area (Å²) in [4.78, 5) is 12.1. The highest BCUT2D eigenvalue weighted by Crippen LogP contribution is 2.30. The summed E-state index contributed by atoms with van der Waals surface area (Å²) in [5.74, 6) is 2.09. The van der Waals surface area contributed by atoms with E-state index in [1.165, 1.54) is 6.42 Å². The summed E-state index contributed by atoms with van der Waals surface area (Å²) < 4.78 is 1.87. The van der Waals surface area contributed by atoms with Gasteiger partial charge in [-0.15, -0.1) is 0 Å². The molecular formula is C23H23ClN6. The molecule has 6 nitrogen and oxygen atoms in total. The monoisotopic (exact) mass is 418 g/mol. The van der Waals surface area contributed by atoms with E-state index in [9.17, 15) is 0 Å². The summed E-state index contributed by atoms with van der Waals surface area (Å²) in [6.45, 7) is 4.21. The van der Waals surface area contributed by atoms with Crippen LogP contribution in [0.4, 0.5) is 17.5 Å². The van der Waals surface area contributed by atoms with Gasteiger partial charge in [-0.25, -0.2) is 4.68 Å². The highest BCUT2D eigenvalue weighted by Gasteiger charge is 2.22. The third-order valence-electron chi connectivity index (χ3n) is 5.44. The number of benzene rings is 2. The predicted octanol–water partition coefficient (Wildman–Crippen LogP) is 5.45. The molecule has 152 valence electrons. The minimum Gasteiger partial charge on any atom is -0.340 e. The molecule has 0 spiro atoms. The predicted molar refractivity (Wildman–Crippen MR) is 122 cm³/mol. The van der Waals surface area contributed by atoms with E-state index in [1.807, 2.05) is 65.5 Å². The minimum atomic E-state index is 0.626. The van der Waals surface area contributed by atoms with Crippen molar-refractivity contribution < 1.29 is 0 Å². The zero-order chi connectivity index (χ0) is 20.5. The van der Waals surface area contributed by atoms with Gasteiger partial charge >= 0.3 is 0 Å². The van der Waals surface area contributed by atoms with Crippen LogP contribution < -0.4 is 10.2 Å². The number of para-hydroxylation sites is 1. The van der Waals surface area contributed by atoms with Gasteiger partial charge in [0.05, 0.1) is 17.3 Å². The number of fused-ring (bicyclic) bond motifs is 1. The van der Waals surface area contributed by atoms with Crippen molar-refractivity contribution in [3.05, 3.63) is 65.8 Å². The number of aromatic nitrogens is 4. The number of hydrogen-bond donors (Lipinski definition) is 1. The van der Waals surface area contributed by atoms with Gasteiger partial charge in [0.25, 0.3) is 0 Å². The Morgan fingerprint density at radius 1 is 1.07 bits per heavy atom. The molecule has 5 rings (SSSR count). The fourth-order valence-corrected chi connectivity index (χ4v) is 4.16. The summed E-state index contributed by atoms with van der Waals surface area (Å²) in [6.07, 6.45) is 4.21. The molecule has 1 aliphatic heterocycles. The van der Waals surface area contributed by atoms with Crippen LogP contribution in [-0.2, 0) is 0 Å². The number of piperidine rings is 1. The quantitative estimate of drug-likeness (QED) is 0.477. The first kappa shape index (κ1) is 18.9. The zero-order valence-electron chi connectivity index (χ0n) is 16.8. The van der Waals surface area contributed by atoms with Crippen LogP contribution in [0.5, 0.6) is 0 Å². The molecule has 2 aromatic carbocycles. The van der Waals surface area contributed by atoms with Crippen LogP contribution in [0.15, 0.2) is 60.8 Å². The number of nitrogens with one attached hydrogen (secondary N) is 1. The molecule has 0 amide bonds. The summed E-state index contributed by atoms with van der Waals surface area (Å²) in [6, 6.07) is 17.7. The van der Waals surface area contributed by atoms with E-state index in [4.69, 9.17) is 21.6 Å². The third-order valence-corrected chi connectivity index (χ3v) is 5.68. The van der Waals surface area contributed by atoms with Gasteiger partial charge in [0.2, 0.25) is 5.95 Å². The van der Waals surface area contributed by atoms with Crippen molar-refractivity contribution in [2.75, 3.05) is 23.3 Å². The Kier molecular flexibility index (Phi) is 5.01. The number of anilines is 3. The zero-order valence-corrected chi connectivity index (χ0v) is 17.5. The average molecular weight is 419 g/mol. The van der Waals surface area contributed by atoms with Crippen molar-refractivity contribution in [2.45, 2.75) is 19.8 Å². The lowest BCUT2D eigenvalue weighted by atomic mass is 10.0. The van der Waals surface area contributed by atoms with Crippen LogP contribution in [0.2, 0.25) is 5.02 Å². The molecule has 1 N–H and O–H groups in total. The molecule has 1 aliphatic rings.